The molecule has 1 saturated heterocycles. The van der Waals surface area contributed by atoms with Crippen molar-refractivity contribution in [1.29, 1.82) is 0 Å². The predicted octanol–water partition coefficient (Wildman–Crippen LogP) is 3.35. The van der Waals surface area contributed by atoms with Gasteiger partial charge >= 0.3 is 5.97 Å². The summed E-state index contributed by atoms with van der Waals surface area (Å²) in [6.07, 6.45) is 3.70. The molecule has 0 aliphatic carbocycles. The molecule has 27 heavy (non-hydrogen) atoms. The molecule has 0 amide bonds. The van der Waals surface area contributed by atoms with Gasteiger partial charge in [0.1, 0.15) is 0 Å². The molecule has 5 rings (SSSR count). The second-order valence-electron chi connectivity index (χ2n) is 8.37. The highest BCUT2D eigenvalue weighted by atomic mass is 16.5. The van der Waals surface area contributed by atoms with Gasteiger partial charge in [0.2, 0.25) is 0 Å². The summed E-state index contributed by atoms with van der Waals surface area (Å²) in [5, 5.41) is 1.33. The van der Waals surface area contributed by atoms with Crippen molar-refractivity contribution in [1.82, 2.24) is 9.88 Å². The third-order valence-electron chi connectivity index (χ3n) is 7.08. The summed E-state index contributed by atoms with van der Waals surface area (Å²) < 4.78 is 10.9. The molecule has 3 aliphatic heterocycles. The summed E-state index contributed by atoms with van der Waals surface area (Å²) in [7, 11) is 1.45. The number of para-hydroxylation sites is 1. The van der Waals surface area contributed by atoms with Gasteiger partial charge in [0.05, 0.1) is 30.6 Å². The van der Waals surface area contributed by atoms with Gasteiger partial charge in [-0.3, -0.25) is 4.90 Å². The van der Waals surface area contributed by atoms with E-state index in [-0.39, 0.29) is 23.5 Å². The molecule has 1 aromatic carbocycles. The Morgan fingerprint density at radius 3 is 3.00 bits per heavy atom. The molecule has 4 heterocycles. The fourth-order valence-corrected chi connectivity index (χ4v) is 5.56. The molecule has 1 N–H and O–H groups in total. The van der Waals surface area contributed by atoms with Crippen LogP contribution in [0.25, 0.3) is 10.9 Å². The van der Waals surface area contributed by atoms with Crippen LogP contribution in [0.1, 0.15) is 31.5 Å². The van der Waals surface area contributed by atoms with Crippen LogP contribution >= 0.6 is 0 Å². The fraction of sp³-hybridized carbons (Fsp3) is 0.500. The zero-order chi connectivity index (χ0) is 18.8. The smallest absolute Gasteiger partial charge is 0.337 e. The lowest BCUT2D eigenvalue weighted by Crippen LogP contribution is -2.59. The number of H-pyrrole nitrogens is 1. The number of fused-ring (bicyclic) bond motifs is 6. The number of nitrogens with zero attached hydrogens (tertiary/aromatic N) is 1. The van der Waals surface area contributed by atoms with Crippen LogP contribution in [0.2, 0.25) is 0 Å². The third kappa shape index (κ3) is 2.30. The number of carbonyl (C=O) groups is 1. The normalized spacial score (nSPS) is 32.7. The van der Waals surface area contributed by atoms with Crippen molar-refractivity contribution >= 4 is 16.9 Å². The Kier molecular flexibility index (Phi) is 3.66. The monoisotopic (exact) mass is 366 g/mol. The largest absolute Gasteiger partial charge is 0.497 e. The number of rotatable bonds is 1. The fourth-order valence-electron chi connectivity index (χ4n) is 5.56. The second-order valence-corrected chi connectivity index (χ2v) is 8.37. The zero-order valence-electron chi connectivity index (χ0n) is 16.1. The first-order valence-electron chi connectivity index (χ1n) is 9.82. The van der Waals surface area contributed by atoms with Gasteiger partial charge in [-0.05, 0) is 38.3 Å². The van der Waals surface area contributed by atoms with Gasteiger partial charge in [-0.15, -0.1) is 0 Å². The van der Waals surface area contributed by atoms with E-state index in [1.54, 1.807) is 6.26 Å². The highest BCUT2D eigenvalue weighted by Gasteiger charge is 2.52. The Morgan fingerprint density at radius 2 is 2.19 bits per heavy atom. The topological polar surface area (TPSA) is 54.6 Å². The van der Waals surface area contributed by atoms with Gasteiger partial charge in [0.25, 0.3) is 0 Å². The number of aromatic nitrogens is 1. The van der Waals surface area contributed by atoms with E-state index in [0.717, 1.165) is 25.9 Å². The minimum absolute atomic E-state index is 0.108. The quantitative estimate of drug-likeness (QED) is 0.787. The maximum atomic E-state index is 12.4. The molecule has 0 saturated carbocycles. The second kappa shape index (κ2) is 5.86. The van der Waals surface area contributed by atoms with Crippen LogP contribution in [0.15, 0.2) is 36.1 Å². The zero-order valence-corrected chi connectivity index (χ0v) is 16.1. The number of hydrogen-bond donors (Lipinski definition) is 1. The first-order valence-corrected chi connectivity index (χ1v) is 9.82. The van der Waals surface area contributed by atoms with Crippen LogP contribution in [0, 0.1) is 11.8 Å². The molecular weight excluding hydrogens is 340 g/mol. The minimum atomic E-state index is -0.262. The average molecular weight is 366 g/mol. The maximum Gasteiger partial charge on any atom is 0.337 e. The van der Waals surface area contributed by atoms with E-state index >= 15 is 0 Å². The lowest BCUT2D eigenvalue weighted by Gasteiger charge is -2.55. The molecule has 0 spiro atoms. The highest BCUT2D eigenvalue weighted by molar-refractivity contribution is 5.89. The van der Waals surface area contributed by atoms with Gasteiger partial charge in [0, 0.05) is 41.5 Å². The van der Waals surface area contributed by atoms with Crippen LogP contribution in [0.3, 0.4) is 0 Å². The molecule has 0 radical (unpaired) electrons. The molecule has 5 nitrogen and oxygen atoms in total. The number of aromatic amines is 1. The summed E-state index contributed by atoms with van der Waals surface area (Å²) in [5.74, 6) is 0.199. The van der Waals surface area contributed by atoms with Crippen molar-refractivity contribution in [3.8, 4) is 0 Å². The average Bonchev–Trinajstić information content (AvgIpc) is 3.06. The number of esters is 1. The van der Waals surface area contributed by atoms with Crippen LogP contribution in [0.4, 0.5) is 0 Å². The van der Waals surface area contributed by atoms with Gasteiger partial charge in [-0.1, -0.05) is 18.2 Å². The Labute approximate surface area is 159 Å². The van der Waals surface area contributed by atoms with E-state index in [1.807, 2.05) is 0 Å². The lowest BCUT2D eigenvalue weighted by molar-refractivity contribution is -0.140. The summed E-state index contributed by atoms with van der Waals surface area (Å²) in [4.78, 5) is 18.7. The first kappa shape index (κ1) is 16.9. The number of benzene rings is 1. The van der Waals surface area contributed by atoms with E-state index in [4.69, 9.17) is 9.47 Å². The Bertz CT molecular complexity index is 946. The minimum Gasteiger partial charge on any atom is -0.497 e. The molecule has 5 heteroatoms. The van der Waals surface area contributed by atoms with Gasteiger partial charge in [-0.25, -0.2) is 4.79 Å². The van der Waals surface area contributed by atoms with Crippen LogP contribution in [-0.2, 0) is 26.2 Å². The molecule has 1 fully saturated rings. The molecule has 2 aromatic rings. The van der Waals surface area contributed by atoms with Crippen molar-refractivity contribution in [2.24, 2.45) is 11.8 Å². The molecule has 1 aromatic heterocycles. The van der Waals surface area contributed by atoms with Crippen molar-refractivity contribution in [3.63, 3.8) is 0 Å². The molecule has 0 bridgehead atoms. The third-order valence-corrected chi connectivity index (χ3v) is 7.08. The van der Waals surface area contributed by atoms with Crippen LogP contribution in [0.5, 0.6) is 0 Å². The number of methoxy groups -OCH3 is 1. The van der Waals surface area contributed by atoms with E-state index < -0.39 is 0 Å². The van der Waals surface area contributed by atoms with Gasteiger partial charge in [-0.2, -0.15) is 0 Å². The summed E-state index contributed by atoms with van der Waals surface area (Å²) >= 11 is 0. The Balaban J connectivity index is 1.61. The number of carbonyl (C=O) groups excluding carboxylic acids is 1. The number of nitrogens with one attached hydrogen (secondary N) is 1. The molecular formula is C22H26N2O3. The van der Waals surface area contributed by atoms with Gasteiger partial charge in [0.15, 0.2) is 0 Å². The SMILES string of the molecule is COC(=O)C1=COC(C)C2CN3CCc4c([nH]c5ccccc45)C3(C)C[C@H]12. The lowest BCUT2D eigenvalue weighted by atomic mass is 9.67. The van der Waals surface area contributed by atoms with E-state index in [9.17, 15) is 4.79 Å². The van der Waals surface area contributed by atoms with Crippen molar-refractivity contribution < 1.29 is 14.3 Å². The molecule has 3 unspecified atom stereocenters. The Hall–Kier alpha value is -2.27. The molecule has 4 atom stereocenters. The van der Waals surface area contributed by atoms with E-state index in [0.29, 0.717) is 11.5 Å². The summed E-state index contributed by atoms with van der Waals surface area (Å²) in [5.41, 5.74) is 4.53. The van der Waals surface area contributed by atoms with Gasteiger partial charge < -0.3 is 14.5 Å². The maximum absolute atomic E-state index is 12.4. The summed E-state index contributed by atoms with van der Waals surface area (Å²) in [6.45, 7) is 6.42. The van der Waals surface area contributed by atoms with Crippen molar-refractivity contribution in [3.05, 3.63) is 47.4 Å². The van der Waals surface area contributed by atoms with E-state index in [1.165, 1.54) is 29.3 Å². The highest BCUT2D eigenvalue weighted by Crippen LogP contribution is 2.50. The first-order chi connectivity index (χ1) is 13.0. The standard InChI is InChI=1S/C22H26N2O3/c1-13-17-11-24-9-8-15-14-6-4-5-7-19(14)23-20(15)22(24,2)10-16(17)18(12-27-13)21(25)26-3/h4-7,12-13,16-17,23H,8-11H2,1-3H3/t13?,16-,17?,22?/m0/s1. The number of ether oxygens (including phenoxy) is 2. The van der Waals surface area contributed by atoms with Crippen molar-refractivity contribution in [2.45, 2.75) is 38.3 Å². The van der Waals surface area contributed by atoms with Crippen LogP contribution in [-0.4, -0.2) is 42.2 Å². The Morgan fingerprint density at radius 1 is 1.37 bits per heavy atom. The predicted molar refractivity (Wildman–Crippen MR) is 103 cm³/mol. The number of hydrogen-bond acceptors (Lipinski definition) is 4. The summed E-state index contributed by atoms with van der Waals surface area (Å²) in [6, 6.07) is 8.56. The number of piperidine rings is 1. The van der Waals surface area contributed by atoms with Crippen LogP contribution < -0.4 is 0 Å². The van der Waals surface area contributed by atoms with E-state index in [2.05, 4.69) is 48.0 Å². The van der Waals surface area contributed by atoms with Crippen molar-refractivity contribution in [2.75, 3.05) is 20.2 Å². The molecule has 142 valence electrons. The molecule has 3 aliphatic rings.